The van der Waals surface area contributed by atoms with Crippen LogP contribution in [0.1, 0.15) is 11.5 Å². The first-order valence-corrected chi connectivity index (χ1v) is 8.21. The Morgan fingerprint density at radius 3 is 2.95 bits per heavy atom. The summed E-state index contributed by atoms with van der Waals surface area (Å²) in [6, 6.07) is 13.4. The second kappa shape index (κ2) is 5.71. The van der Waals surface area contributed by atoms with Crippen molar-refractivity contribution in [2.24, 2.45) is 0 Å². The van der Waals surface area contributed by atoms with Crippen molar-refractivity contribution >= 4 is 40.0 Å². The SMILES string of the molecule is Fc1ccc(NCC2CSc3ccccc32)c(I)c1. The van der Waals surface area contributed by atoms with E-state index in [4.69, 9.17) is 0 Å². The van der Waals surface area contributed by atoms with Gasteiger partial charge in [-0.1, -0.05) is 18.2 Å². The van der Waals surface area contributed by atoms with Crippen molar-refractivity contribution in [3.63, 3.8) is 0 Å². The molecule has 2 aromatic rings. The molecule has 1 nitrogen and oxygen atoms in total. The quantitative estimate of drug-likeness (QED) is 0.767. The monoisotopic (exact) mass is 385 g/mol. The van der Waals surface area contributed by atoms with E-state index in [2.05, 4.69) is 52.2 Å². The van der Waals surface area contributed by atoms with Crippen LogP contribution in [0.4, 0.5) is 10.1 Å². The molecule has 1 aliphatic rings. The number of hydrogen-bond acceptors (Lipinski definition) is 2. The fourth-order valence-corrected chi connectivity index (χ4v) is 4.19. The molecule has 1 unspecified atom stereocenters. The minimum atomic E-state index is -0.184. The number of halogens is 2. The zero-order valence-corrected chi connectivity index (χ0v) is 13.2. The molecule has 3 rings (SSSR count). The molecule has 0 radical (unpaired) electrons. The fraction of sp³-hybridized carbons (Fsp3) is 0.200. The lowest BCUT2D eigenvalue weighted by atomic mass is 10.0. The van der Waals surface area contributed by atoms with Gasteiger partial charge in [0, 0.05) is 32.4 Å². The summed E-state index contributed by atoms with van der Waals surface area (Å²) in [6.07, 6.45) is 0. The third-order valence-electron chi connectivity index (χ3n) is 3.27. The number of thioether (sulfide) groups is 1. The molecule has 0 aliphatic carbocycles. The van der Waals surface area contributed by atoms with Crippen LogP contribution >= 0.6 is 34.4 Å². The molecule has 0 fully saturated rings. The van der Waals surface area contributed by atoms with E-state index in [-0.39, 0.29) is 5.82 Å². The molecule has 0 aromatic heterocycles. The van der Waals surface area contributed by atoms with E-state index in [9.17, 15) is 4.39 Å². The number of rotatable bonds is 3. The van der Waals surface area contributed by atoms with E-state index in [0.717, 1.165) is 21.6 Å². The van der Waals surface area contributed by atoms with Gasteiger partial charge in [-0.15, -0.1) is 11.8 Å². The van der Waals surface area contributed by atoms with Gasteiger partial charge in [-0.2, -0.15) is 0 Å². The van der Waals surface area contributed by atoms with Crippen LogP contribution in [0, 0.1) is 9.39 Å². The van der Waals surface area contributed by atoms with Crippen molar-refractivity contribution in [2.75, 3.05) is 17.6 Å². The van der Waals surface area contributed by atoms with Crippen molar-refractivity contribution in [3.05, 3.63) is 57.4 Å². The number of benzene rings is 2. The maximum Gasteiger partial charge on any atom is 0.124 e. The summed E-state index contributed by atoms with van der Waals surface area (Å²) < 4.78 is 14.0. The summed E-state index contributed by atoms with van der Waals surface area (Å²) in [6.45, 7) is 0.894. The molecule has 1 atom stereocenters. The van der Waals surface area contributed by atoms with Crippen LogP contribution in [0.15, 0.2) is 47.4 Å². The van der Waals surface area contributed by atoms with Crippen molar-refractivity contribution in [3.8, 4) is 0 Å². The average molecular weight is 385 g/mol. The zero-order chi connectivity index (χ0) is 13.2. The van der Waals surface area contributed by atoms with Crippen LogP contribution in [0.5, 0.6) is 0 Å². The van der Waals surface area contributed by atoms with Crippen molar-refractivity contribution < 1.29 is 4.39 Å². The van der Waals surface area contributed by atoms with E-state index in [1.54, 1.807) is 6.07 Å². The lowest BCUT2D eigenvalue weighted by Gasteiger charge is -2.14. The van der Waals surface area contributed by atoms with E-state index >= 15 is 0 Å². The Bertz CT molecular complexity index is 602. The number of nitrogens with one attached hydrogen (secondary N) is 1. The fourth-order valence-electron chi connectivity index (χ4n) is 2.26. The predicted molar refractivity (Wildman–Crippen MR) is 87.5 cm³/mol. The Balaban J connectivity index is 1.71. The highest BCUT2D eigenvalue weighted by Crippen LogP contribution is 2.39. The first-order chi connectivity index (χ1) is 9.24. The van der Waals surface area contributed by atoms with Crippen LogP contribution in [0.2, 0.25) is 0 Å². The molecular weight excluding hydrogens is 372 g/mol. The Morgan fingerprint density at radius 2 is 2.11 bits per heavy atom. The van der Waals surface area contributed by atoms with Gasteiger partial charge < -0.3 is 5.32 Å². The van der Waals surface area contributed by atoms with Crippen molar-refractivity contribution in [1.82, 2.24) is 0 Å². The average Bonchev–Trinajstić information content (AvgIpc) is 2.81. The van der Waals surface area contributed by atoms with Crippen LogP contribution < -0.4 is 5.32 Å². The van der Waals surface area contributed by atoms with Gasteiger partial charge in [0.15, 0.2) is 0 Å². The molecule has 2 aromatic carbocycles. The molecule has 98 valence electrons. The molecule has 0 saturated heterocycles. The Morgan fingerprint density at radius 1 is 1.26 bits per heavy atom. The third-order valence-corrected chi connectivity index (χ3v) is 5.41. The summed E-state index contributed by atoms with van der Waals surface area (Å²) in [4.78, 5) is 1.39. The van der Waals surface area contributed by atoms with Crippen LogP contribution in [0.3, 0.4) is 0 Å². The van der Waals surface area contributed by atoms with Gasteiger partial charge in [0.05, 0.1) is 0 Å². The van der Waals surface area contributed by atoms with Crippen LogP contribution in [-0.4, -0.2) is 12.3 Å². The third kappa shape index (κ3) is 2.89. The molecule has 0 spiro atoms. The van der Waals surface area contributed by atoms with Gasteiger partial charge in [-0.25, -0.2) is 4.39 Å². The molecular formula is C15H13FINS. The van der Waals surface area contributed by atoms with E-state index in [0.29, 0.717) is 5.92 Å². The second-order valence-corrected chi connectivity index (χ2v) is 6.77. The molecule has 0 amide bonds. The molecule has 1 heterocycles. The minimum Gasteiger partial charge on any atom is -0.384 e. The number of anilines is 1. The van der Waals surface area contributed by atoms with E-state index < -0.39 is 0 Å². The maximum atomic E-state index is 13.0. The van der Waals surface area contributed by atoms with E-state index in [1.165, 1.54) is 16.5 Å². The Hall–Kier alpha value is -0.750. The molecule has 19 heavy (non-hydrogen) atoms. The van der Waals surface area contributed by atoms with Gasteiger partial charge in [0.2, 0.25) is 0 Å². The van der Waals surface area contributed by atoms with E-state index in [1.807, 2.05) is 17.8 Å². The summed E-state index contributed by atoms with van der Waals surface area (Å²) in [7, 11) is 0. The molecule has 1 aliphatic heterocycles. The van der Waals surface area contributed by atoms with Gasteiger partial charge in [0.25, 0.3) is 0 Å². The standard InChI is InChI=1S/C15H13FINS/c16-11-5-6-14(13(17)7-11)18-8-10-9-19-15-4-2-1-3-12(10)15/h1-7,10,18H,8-9H2. The van der Waals surface area contributed by atoms with Crippen molar-refractivity contribution in [1.29, 1.82) is 0 Å². The van der Waals surface area contributed by atoms with Gasteiger partial charge in [-0.05, 0) is 52.4 Å². The normalized spacial score (nSPS) is 17.3. The van der Waals surface area contributed by atoms with Gasteiger partial charge in [-0.3, -0.25) is 0 Å². The molecule has 0 saturated carbocycles. The topological polar surface area (TPSA) is 12.0 Å². The summed E-state index contributed by atoms with van der Waals surface area (Å²) >= 11 is 4.08. The lowest BCUT2D eigenvalue weighted by molar-refractivity contribution is 0.627. The zero-order valence-electron chi connectivity index (χ0n) is 10.2. The first kappa shape index (κ1) is 13.2. The smallest absolute Gasteiger partial charge is 0.124 e. The number of hydrogen-bond donors (Lipinski definition) is 1. The predicted octanol–water partition coefficient (Wildman–Crippen LogP) is 4.73. The lowest BCUT2D eigenvalue weighted by Crippen LogP contribution is -2.13. The van der Waals surface area contributed by atoms with Crippen LogP contribution in [-0.2, 0) is 0 Å². The molecule has 4 heteroatoms. The number of fused-ring (bicyclic) bond motifs is 1. The Kier molecular flexibility index (Phi) is 3.98. The molecule has 0 bridgehead atoms. The highest BCUT2D eigenvalue weighted by molar-refractivity contribution is 14.1. The first-order valence-electron chi connectivity index (χ1n) is 6.14. The summed E-state index contributed by atoms with van der Waals surface area (Å²) in [5, 5.41) is 3.44. The van der Waals surface area contributed by atoms with Gasteiger partial charge in [0.1, 0.15) is 5.82 Å². The molecule has 1 N–H and O–H groups in total. The highest BCUT2D eigenvalue weighted by atomic mass is 127. The Labute approximate surface area is 130 Å². The van der Waals surface area contributed by atoms with Crippen LogP contribution in [0.25, 0.3) is 0 Å². The second-order valence-electron chi connectivity index (χ2n) is 4.55. The summed E-state index contributed by atoms with van der Waals surface area (Å²) in [5.74, 6) is 1.46. The van der Waals surface area contributed by atoms with Gasteiger partial charge >= 0.3 is 0 Å². The maximum absolute atomic E-state index is 13.0. The minimum absolute atomic E-state index is 0.184. The van der Waals surface area contributed by atoms with Crippen molar-refractivity contribution in [2.45, 2.75) is 10.8 Å². The highest BCUT2D eigenvalue weighted by Gasteiger charge is 2.22. The largest absolute Gasteiger partial charge is 0.384 e. The summed E-state index contributed by atoms with van der Waals surface area (Å²) in [5.41, 5.74) is 2.44.